The monoisotopic (exact) mass is 387 g/mol. The number of carbonyl (C=O) groups is 1. The molecule has 2 fully saturated rings. The number of hydrogen-bond donors (Lipinski definition) is 2. The van der Waals surface area contributed by atoms with Crippen LogP contribution in [0, 0.1) is 0 Å². The SMILES string of the molecule is CCNC(=NCc1cccnc1OC1CCCC1)NCCCN1CCCC1=O. The highest BCUT2D eigenvalue weighted by Gasteiger charge is 2.19. The van der Waals surface area contributed by atoms with Gasteiger partial charge in [0.25, 0.3) is 0 Å². The Labute approximate surface area is 168 Å². The summed E-state index contributed by atoms with van der Waals surface area (Å²) in [6.07, 6.45) is 9.38. The Kier molecular flexibility index (Phi) is 7.94. The van der Waals surface area contributed by atoms with Gasteiger partial charge in [-0.2, -0.15) is 0 Å². The van der Waals surface area contributed by atoms with Crippen LogP contribution in [0.25, 0.3) is 0 Å². The number of hydrogen-bond acceptors (Lipinski definition) is 4. The van der Waals surface area contributed by atoms with Gasteiger partial charge in [0.05, 0.1) is 6.54 Å². The molecule has 0 bridgehead atoms. The minimum Gasteiger partial charge on any atom is -0.474 e. The second-order valence-electron chi connectivity index (χ2n) is 7.45. The molecule has 2 aliphatic rings. The molecule has 0 unspecified atom stereocenters. The van der Waals surface area contributed by atoms with Crippen molar-refractivity contribution in [1.82, 2.24) is 20.5 Å². The summed E-state index contributed by atoms with van der Waals surface area (Å²) in [7, 11) is 0. The zero-order chi connectivity index (χ0) is 19.6. The van der Waals surface area contributed by atoms with Crippen molar-refractivity contribution in [2.45, 2.75) is 64.5 Å². The van der Waals surface area contributed by atoms with E-state index in [4.69, 9.17) is 9.73 Å². The molecule has 0 atom stereocenters. The van der Waals surface area contributed by atoms with E-state index in [1.54, 1.807) is 6.20 Å². The van der Waals surface area contributed by atoms with Gasteiger partial charge in [0.1, 0.15) is 6.10 Å². The van der Waals surface area contributed by atoms with Crippen molar-refractivity contribution >= 4 is 11.9 Å². The molecule has 1 aromatic heterocycles. The van der Waals surface area contributed by atoms with Gasteiger partial charge in [0, 0.05) is 44.4 Å². The summed E-state index contributed by atoms with van der Waals surface area (Å²) in [5.74, 6) is 1.78. The van der Waals surface area contributed by atoms with Crippen LogP contribution in [0.2, 0.25) is 0 Å². The molecular formula is C21H33N5O2. The van der Waals surface area contributed by atoms with Gasteiger partial charge in [0.2, 0.25) is 11.8 Å². The van der Waals surface area contributed by atoms with E-state index in [2.05, 4.69) is 22.5 Å². The highest BCUT2D eigenvalue weighted by molar-refractivity contribution is 5.80. The van der Waals surface area contributed by atoms with Crippen molar-refractivity contribution < 1.29 is 9.53 Å². The lowest BCUT2D eigenvalue weighted by Gasteiger charge is -2.17. The number of nitrogens with zero attached hydrogens (tertiary/aromatic N) is 3. The first-order valence-electron chi connectivity index (χ1n) is 10.7. The quantitative estimate of drug-likeness (QED) is 0.387. The van der Waals surface area contributed by atoms with Gasteiger partial charge in [-0.15, -0.1) is 0 Å². The van der Waals surface area contributed by atoms with E-state index < -0.39 is 0 Å². The number of guanidine groups is 1. The number of aliphatic imine (C=N–C) groups is 1. The molecule has 28 heavy (non-hydrogen) atoms. The summed E-state index contributed by atoms with van der Waals surface area (Å²) in [5, 5.41) is 6.64. The molecule has 0 spiro atoms. The molecule has 7 heteroatoms. The molecule has 1 saturated carbocycles. The Morgan fingerprint density at radius 2 is 2.18 bits per heavy atom. The van der Waals surface area contributed by atoms with Crippen LogP contribution in [0.3, 0.4) is 0 Å². The molecular weight excluding hydrogens is 354 g/mol. The number of aromatic nitrogens is 1. The number of likely N-dealkylation sites (tertiary alicyclic amines) is 1. The summed E-state index contributed by atoms with van der Waals surface area (Å²) >= 11 is 0. The van der Waals surface area contributed by atoms with Gasteiger partial charge in [0.15, 0.2) is 5.96 Å². The summed E-state index contributed by atoms with van der Waals surface area (Å²) in [4.78, 5) is 22.7. The molecule has 1 amide bonds. The number of nitrogens with one attached hydrogen (secondary N) is 2. The van der Waals surface area contributed by atoms with Crippen LogP contribution >= 0.6 is 0 Å². The van der Waals surface area contributed by atoms with Gasteiger partial charge < -0.3 is 20.3 Å². The lowest BCUT2D eigenvalue weighted by Crippen LogP contribution is -2.39. The molecule has 1 aliphatic carbocycles. The predicted octanol–water partition coefficient (Wildman–Crippen LogP) is 2.47. The molecule has 154 valence electrons. The third-order valence-electron chi connectivity index (χ3n) is 5.25. The van der Waals surface area contributed by atoms with Gasteiger partial charge >= 0.3 is 0 Å². The Hall–Kier alpha value is -2.31. The molecule has 1 aromatic rings. The second-order valence-corrected chi connectivity index (χ2v) is 7.45. The molecule has 0 radical (unpaired) electrons. The smallest absolute Gasteiger partial charge is 0.222 e. The fourth-order valence-corrected chi connectivity index (χ4v) is 3.74. The molecule has 7 nitrogen and oxygen atoms in total. The minimum atomic E-state index is 0.284. The normalized spacial score (nSPS) is 18.0. The van der Waals surface area contributed by atoms with Crippen LogP contribution in [0.5, 0.6) is 5.88 Å². The topological polar surface area (TPSA) is 78.9 Å². The van der Waals surface area contributed by atoms with Crippen molar-refractivity contribution in [2.24, 2.45) is 4.99 Å². The maximum absolute atomic E-state index is 11.7. The van der Waals surface area contributed by atoms with Crippen molar-refractivity contribution in [3.05, 3.63) is 23.9 Å². The second kappa shape index (κ2) is 10.9. The van der Waals surface area contributed by atoms with Gasteiger partial charge in [-0.3, -0.25) is 4.79 Å². The summed E-state index contributed by atoms with van der Waals surface area (Å²) < 4.78 is 6.11. The predicted molar refractivity (Wildman–Crippen MR) is 110 cm³/mol. The first kappa shape index (κ1) is 20.4. The Morgan fingerprint density at radius 1 is 1.32 bits per heavy atom. The van der Waals surface area contributed by atoms with E-state index in [0.29, 0.717) is 18.8 Å². The van der Waals surface area contributed by atoms with Crippen LogP contribution in [0.1, 0.15) is 57.4 Å². The van der Waals surface area contributed by atoms with Crippen LogP contribution in [-0.2, 0) is 11.3 Å². The van der Waals surface area contributed by atoms with Gasteiger partial charge in [-0.05, 0) is 51.5 Å². The van der Waals surface area contributed by atoms with E-state index in [1.807, 2.05) is 17.0 Å². The molecule has 2 heterocycles. The van der Waals surface area contributed by atoms with Crippen molar-refractivity contribution in [2.75, 3.05) is 26.2 Å². The van der Waals surface area contributed by atoms with Crippen molar-refractivity contribution in [3.63, 3.8) is 0 Å². The van der Waals surface area contributed by atoms with Crippen molar-refractivity contribution in [3.8, 4) is 5.88 Å². The molecule has 2 N–H and O–H groups in total. The fourth-order valence-electron chi connectivity index (χ4n) is 3.74. The van der Waals surface area contributed by atoms with Crippen LogP contribution in [0.4, 0.5) is 0 Å². The lowest BCUT2D eigenvalue weighted by molar-refractivity contribution is -0.127. The van der Waals surface area contributed by atoms with E-state index >= 15 is 0 Å². The maximum Gasteiger partial charge on any atom is 0.222 e. The fraction of sp³-hybridized carbons (Fsp3) is 0.667. The molecule has 1 saturated heterocycles. The Bertz CT molecular complexity index is 658. The third kappa shape index (κ3) is 6.11. The van der Waals surface area contributed by atoms with E-state index in [9.17, 15) is 4.79 Å². The number of ether oxygens (including phenoxy) is 1. The van der Waals surface area contributed by atoms with Gasteiger partial charge in [-0.1, -0.05) is 6.07 Å². The highest BCUT2D eigenvalue weighted by Crippen LogP contribution is 2.25. The standard InChI is InChI=1S/C21H33N5O2/c1-2-22-21(24-13-7-15-26-14-6-11-19(26)27)25-16-17-8-5-12-23-20(17)28-18-9-3-4-10-18/h5,8,12,18H,2-4,6-7,9-11,13-16H2,1H3,(H2,22,24,25). The number of pyridine rings is 1. The van der Waals surface area contributed by atoms with E-state index in [1.165, 1.54) is 12.8 Å². The Morgan fingerprint density at radius 3 is 2.93 bits per heavy atom. The maximum atomic E-state index is 11.7. The van der Waals surface area contributed by atoms with E-state index in [0.717, 1.165) is 63.4 Å². The number of amides is 1. The largest absolute Gasteiger partial charge is 0.474 e. The highest BCUT2D eigenvalue weighted by atomic mass is 16.5. The summed E-state index contributed by atoms with van der Waals surface area (Å²) in [6.45, 7) is 5.88. The number of rotatable bonds is 9. The molecule has 1 aliphatic heterocycles. The average molecular weight is 388 g/mol. The average Bonchev–Trinajstić information content (AvgIpc) is 3.36. The first-order chi connectivity index (χ1) is 13.8. The molecule has 3 rings (SSSR count). The van der Waals surface area contributed by atoms with Crippen molar-refractivity contribution in [1.29, 1.82) is 0 Å². The van der Waals surface area contributed by atoms with E-state index in [-0.39, 0.29) is 12.0 Å². The zero-order valence-electron chi connectivity index (χ0n) is 17.0. The van der Waals surface area contributed by atoms with Crippen LogP contribution < -0.4 is 15.4 Å². The van der Waals surface area contributed by atoms with Gasteiger partial charge in [-0.25, -0.2) is 9.98 Å². The van der Waals surface area contributed by atoms with Crippen LogP contribution in [0.15, 0.2) is 23.3 Å². The number of carbonyl (C=O) groups excluding carboxylic acids is 1. The minimum absolute atomic E-state index is 0.284. The zero-order valence-corrected chi connectivity index (χ0v) is 17.0. The summed E-state index contributed by atoms with van der Waals surface area (Å²) in [5.41, 5.74) is 1.01. The third-order valence-corrected chi connectivity index (χ3v) is 5.25. The first-order valence-corrected chi connectivity index (χ1v) is 10.7. The lowest BCUT2D eigenvalue weighted by atomic mass is 10.2. The summed E-state index contributed by atoms with van der Waals surface area (Å²) in [6, 6.07) is 3.96. The molecule has 0 aromatic carbocycles. The van der Waals surface area contributed by atoms with Crippen LogP contribution in [-0.4, -0.2) is 54.0 Å². The Balaban J connectivity index is 1.50.